The number of nitrogens with zero attached hydrogens (tertiary/aromatic N) is 3. The predicted molar refractivity (Wildman–Crippen MR) is 137 cm³/mol. The third kappa shape index (κ3) is 2.95. The third-order valence-electron chi connectivity index (χ3n) is 6.37. The molecule has 2 heterocycles. The first-order chi connectivity index (χ1) is 16.1. The smallest absolute Gasteiger partial charge is 0.258 e. The summed E-state index contributed by atoms with van der Waals surface area (Å²) in [6.45, 7) is 2.05. The van der Waals surface area contributed by atoms with Gasteiger partial charge in [0, 0.05) is 30.0 Å². The first-order valence-corrected chi connectivity index (χ1v) is 11.1. The van der Waals surface area contributed by atoms with Gasteiger partial charge in [-0.15, -0.1) is 0 Å². The van der Waals surface area contributed by atoms with Crippen molar-refractivity contribution >= 4 is 44.9 Å². The van der Waals surface area contributed by atoms with E-state index in [0.717, 1.165) is 50.5 Å². The molecule has 5 aromatic rings. The van der Waals surface area contributed by atoms with Crippen LogP contribution in [0.1, 0.15) is 5.56 Å². The van der Waals surface area contributed by atoms with Crippen molar-refractivity contribution in [2.24, 2.45) is 7.05 Å². The maximum Gasteiger partial charge on any atom is 0.258 e. The van der Waals surface area contributed by atoms with Crippen molar-refractivity contribution in [1.29, 1.82) is 0 Å². The number of hydrogen-bond donors (Lipinski definition) is 0. The summed E-state index contributed by atoms with van der Waals surface area (Å²) in [6, 6.07) is 33.5. The van der Waals surface area contributed by atoms with E-state index in [4.69, 9.17) is 0 Å². The molecule has 160 valence electrons. The lowest BCUT2D eigenvalue weighted by Crippen LogP contribution is -2.24. The van der Waals surface area contributed by atoms with Crippen LogP contribution in [0, 0.1) is 6.92 Å². The molecule has 1 aromatic heterocycles. The van der Waals surface area contributed by atoms with E-state index in [1.54, 1.807) is 4.57 Å². The Morgan fingerprint density at radius 2 is 1.09 bits per heavy atom. The fraction of sp³-hybridized carbons (Fsp3) is 0.0690. The number of hydrogen-bond acceptors (Lipinski definition) is 3. The minimum Gasteiger partial charge on any atom is -0.318 e. The van der Waals surface area contributed by atoms with Gasteiger partial charge >= 0.3 is 0 Å². The van der Waals surface area contributed by atoms with Crippen LogP contribution in [0.2, 0.25) is 0 Å². The molecular formula is C29H23N3O. The van der Waals surface area contributed by atoms with Gasteiger partial charge in [0.1, 0.15) is 0 Å². The molecule has 1 aliphatic rings. The molecular weight excluding hydrogens is 406 g/mol. The second kappa shape index (κ2) is 7.38. The molecule has 0 atom stereocenters. The molecule has 0 saturated carbocycles. The average molecular weight is 430 g/mol. The van der Waals surface area contributed by atoms with Crippen molar-refractivity contribution in [3.63, 3.8) is 0 Å². The fourth-order valence-corrected chi connectivity index (χ4v) is 4.88. The highest BCUT2D eigenvalue weighted by atomic mass is 16.1. The third-order valence-corrected chi connectivity index (χ3v) is 6.37. The second-order valence-electron chi connectivity index (χ2n) is 8.44. The lowest BCUT2D eigenvalue weighted by atomic mass is 10.0. The van der Waals surface area contributed by atoms with Crippen LogP contribution in [-0.2, 0) is 7.05 Å². The van der Waals surface area contributed by atoms with Crippen molar-refractivity contribution in [1.82, 2.24) is 4.57 Å². The zero-order valence-corrected chi connectivity index (χ0v) is 18.6. The zero-order valence-electron chi connectivity index (χ0n) is 18.6. The van der Waals surface area contributed by atoms with Crippen molar-refractivity contribution in [2.45, 2.75) is 6.92 Å². The summed E-state index contributed by atoms with van der Waals surface area (Å²) in [7, 11) is 1.81. The Bertz CT molecular complexity index is 1520. The number of benzene rings is 4. The van der Waals surface area contributed by atoms with Crippen LogP contribution in [0.4, 0.5) is 34.1 Å². The summed E-state index contributed by atoms with van der Waals surface area (Å²) >= 11 is 0. The molecule has 0 aliphatic carbocycles. The molecule has 0 spiro atoms. The summed E-state index contributed by atoms with van der Waals surface area (Å²) in [5.41, 5.74) is 7.53. The van der Waals surface area contributed by atoms with Gasteiger partial charge in [-0.05, 0) is 66.4 Å². The lowest BCUT2D eigenvalue weighted by Gasteiger charge is -2.40. The van der Waals surface area contributed by atoms with Crippen LogP contribution >= 0.6 is 0 Å². The predicted octanol–water partition coefficient (Wildman–Crippen LogP) is 7.10. The standard InChI is InChI=1S/C29H23N3O/c1-20-19-30(2)29(33)24-18-22(16-17-23(20)24)32-27-14-8-6-12-25(27)31(21-10-4-3-5-11-21)26-13-7-9-15-28(26)32/h3-19H,1-2H3. The normalized spacial score (nSPS) is 12.5. The Labute approximate surface area is 192 Å². The monoisotopic (exact) mass is 429 g/mol. The molecule has 0 radical (unpaired) electrons. The minimum absolute atomic E-state index is 0.0157. The van der Waals surface area contributed by atoms with Crippen LogP contribution in [0.15, 0.2) is 108 Å². The van der Waals surface area contributed by atoms with Crippen LogP contribution in [0.25, 0.3) is 10.8 Å². The molecule has 33 heavy (non-hydrogen) atoms. The van der Waals surface area contributed by atoms with E-state index in [1.807, 2.05) is 32.3 Å². The highest BCUT2D eigenvalue weighted by Gasteiger charge is 2.30. The topological polar surface area (TPSA) is 28.5 Å². The first-order valence-electron chi connectivity index (χ1n) is 11.1. The van der Waals surface area contributed by atoms with E-state index in [-0.39, 0.29) is 5.56 Å². The number of para-hydroxylation sites is 5. The van der Waals surface area contributed by atoms with Gasteiger partial charge < -0.3 is 14.4 Å². The highest BCUT2D eigenvalue weighted by molar-refractivity contribution is 6.02. The fourth-order valence-electron chi connectivity index (χ4n) is 4.88. The number of pyridine rings is 1. The summed E-state index contributed by atoms with van der Waals surface area (Å²) in [5, 5.41) is 1.72. The van der Waals surface area contributed by atoms with Gasteiger partial charge in [-0.1, -0.05) is 48.5 Å². The highest BCUT2D eigenvalue weighted by Crippen LogP contribution is 2.53. The molecule has 0 N–H and O–H groups in total. The quantitative estimate of drug-likeness (QED) is 0.294. The summed E-state index contributed by atoms with van der Waals surface area (Å²) in [6.07, 6.45) is 1.90. The van der Waals surface area contributed by atoms with Crippen LogP contribution in [-0.4, -0.2) is 4.57 Å². The number of rotatable bonds is 2. The van der Waals surface area contributed by atoms with Gasteiger partial charge in [-0.2, -0.15) is 0 Å². The first kappa shape index (κ1) is 19.4. The van der Waals surface area contributed by atoms with E-state index in [9.17, 15) is 4.79 Å². The van der Waals surface area contributed by atoms with Gasteiger partial charge in [0.25, 0.3) is 5.56 Å². The van der Waals surface area contributed by atoms with E-state index >= 15 is 0 Å². The SMILES string of the molecule is Cc1cn(C)c(=O)c2cc(N3c4ccccc4N(c4ccccc4)c4ccccc43)ccc12. The van der Waals surface area contributed by atoms with Crippen LogP contribution in [0.3, 0.4) is 0 Å². The Morgan fingerprint density at radius 3 is 1.67 bits per heavy atom. The number of aryl methyl sites for hydroxylation is 2. The van der Waals surface area contributed by atoms with Gasteiger partial charge in [0.05, 0.1) is 22.7 Å². The largest absolute Gasteiger partial charge is 0.318 e. The molecule has 0 saturated heterocycles. The van der Waals surface area contributed by atoms with E-state index in [1.165, 1.54) is 0 Å². The zero-order chi connectivity index (χ0) is 22.5. The maximum atomic E-state index is 13.0. The maximum absolute atomic E-state index is 13.0. The van der Waals surface area contributed by atoms with E-state index in [0.29, 0.717) is 0 Å². The van der Waals surface area contributed by atoms with Crippen LogP contribution in [0.5, 0.6) is 0 Å². The Hall–Kier alpha value is -4.31. The van der Waals surface area contributed by atoms with Crippen molar-refractivity contribution < 1.29 is 0 Å². The molecule has 0 amide bonds. The van der Waals surface area contributed by atoms with E-state index in [2.05, 4.69) is 94.7 Å². The van der Waals surface area contributed by atoms with Crippen molar-refractivity contribution in [2.75, 3.05) is 9.80 Å². The van der Waals surface area contributed by atoms with Gasteiger partial charge in [-0.25, -0.2) is 0 Å². The van der Waals surface area contributed by atoms with Crippen molar-refractivity contribution in [3.05, 3.63) is 119 Å². The molecule has 0 fully saturated rings. The Kier molecular flexibility index (Phi) is 4.34. The number of fused-ring (bicyclic) bond motifs is 3. The molecule has 0 unspecified atom stereocenters. The van der Waals surface area contributed by atoms with E-state index < -0.39 is 0 Å². The van der Waals surface area contributed by atoms with Gasteiger partial charge in [0.15, 0.2) is 0 Å². The Balaban J connectivity index is 1.63. The average Bonchev–Trinajstić information content (AvgIpc) is 2.86. The summed E-state index contributed by atoms with van der Waals surface area (Å²) in [4.78, 5) is 17.5. The molecule has 0 bridgehead atoms. The second-order valence-corrected chi connectivity index (χ2v) is 8.44. The number of aromatic nitrogens is 1. The molecule has 4 aromatic carbocycles. The summed E-state index contributed by atoms with van der Waals surface area (Å²) < 4.78 is 1.66. The Morgan fingerprint density at radius 1 is 0.576 bits per heavy atom. The van der Waals surface area contributed by atoms with Crippen LogP contribution < -0.4 is 15.4 Å². The van der Waals surface area contributed by atoms with Crippen molar-refractivity contribution in [3.8, 4) is 0 Å². The van der Waals surface area contributed by atoms with Gasteiger partial charge in [0.2, 0.25) is 0 Å². The van der Waals surface area contributed by atoms with Gasteiger partial charge in [-0.3, -0.25) is 4.79 Å². The number of anilines is 6. The lowest BCUT2D eigenvalue weighted by molar-refractivity contribution is 0.866. The molecule has 4 heteroatoms. The molecule has 4 nitrogen and oxygen atoms in total. The minimum atomic E-state index is 0.0157. The summed E-state index contributed by atoms with van der Waals surface area (Å²) in [5.74, 6) is 0. The molecule has 1 aliphatic heterocycles. The molecule has 6 rings (SSSR count).